The van der Waals surface area contributed by atoms with Gasteiger partial charge in [-0.05, 0) is 85.8 Å². The zero-order valence-electron chi connectivity index (χ0n) is 17.7. The number of hydrogen-bond acceptors (Lipinski definition) is 5. The van der Waals surface area contributed by atoms with Gasteiger partial charge in [0.2, 0.25) is 0 Å². The lowest BCUT2D eigenvalue weighted by molar-refractivity contribution is -0.115. The molecule has 2 aromatic carbocycles. The molecule has 1 N–H and O–H groups in total. The number of carbonyl (C=O) groups excluding carboxylic acids is 2. The van der Waals surface area contributed by atoms with E-state index in [1.165, 1.54) is 18.9 Å². The summed E-state index contributed by atoms with van der Waals surface area (Å²) in [5, 5.41) is 3.90. The minimum Gasteiger partial charge on any atom is -0.465 e. The summed E-state index contributed by atoms with van der Waals surface area (Å²) < 4.78 is 6.84. The predicted molar refractivity (Wildman–Crippen MR) is 129 cm³/mol. The van der Waals surface area contributed by atoms with Gasteiger partial charge in [-0.1, -0.05) is 17.7 Å². The molecule has 0 radical (unpaired) electrons. The number of amides is 1. The highest BCUT2D eigenvalue weighted by Crippen LogP contribution is 2.31. The number of esters is 1. The van der Waals surface area contributed by atoms with Crippen LogP contribution in [0.15, 0.2) is 64.5 Å². The molecular formula is C24H20ClN3O3S. The molecule has 0 saturated carbocycles. The van der Waals surface area contributed by atoms with E-state index in [0.29, 0.717) is 26.3 Å². The third-order valence-electron chi connectivity index (χ3n) is 4.99. The molecule has 32 heavy (non-hydrogen) atoms. The van der Waals surface area contributed by atoms with Crippen LogP contribution in [0.25, 0.3) is 11.8 Å². The Hall–Kier alpha value is -3.29. The van der Waals surface area contributed by atoms with E-state index in [1.54, 1.807) is 24.3 Å². The molecule has 1 saturated heterocycles. The van der Waals surface area contributed by atoms with E-state index >= 15 is 0 Å². The largest absolute Gasteiger partial charge is 0.465 e. The van der Waals surface area contributed by atoms with E-state index in [-0.39, 0.29) is 11.9 Å². The number of amidine groups is 1. The van der Waals surface area contributed by atoms with Crippen LogP contribution in [0.5, 0.6) is 0 Å². The van der Waals surface area contributed by atoms with E-state index in [1.807, 2.05) is 50.3 Å². The van der Waals surface area contributed by atoms with E-state index < -0.39 is 0 Å². The first-order valence-electron chi connectivity index (χ1n) is 9.78. The van der Waals surface area contributed by atoms with Crippen molar-refractivity contribution in [2.75, 3.05) is 7.11 Å². The Morgan fingerprint density at radius 3 is 2.59 bits per heavy atom. The highest BCUT2D eigenvalue weighted by molar-refractivity contribution is 8.18. The van der Waals surface area contributed by atoms with Crippen molar-refractivity contribution in [1.29, 1.82) is 0 Å². The van der Waals surface area contributed by atoms with Gasteiger partial charge in [-0.2, -0.15) is 0 Å². The number of carbonyl (C=O) groups is 2. The van der Waals surface area contributed by atoms with Gasteiger partial charge in [0.15, 0.2) is 5.17 Å². The molecule has 3 aromatic rings. The predicted octanol–water partition coefficient (Wildman–Crippen LogP) is 5.43. The lowest BCUT2D eigenvalue weighted by Crippen LogP contribution is -2.19. The fourth-order valence-electron chi connectivity index (χ4n) is 3.48. The van der Waals surface area contributed by atoms with Crippen LogP contribution in [-0.2, 0) is 9.53 Å². The Morgan fingerprint density at radius 2 is 1.91 bits per heavy atom. The molecule has 8 heteroatoms. The van der Waals surface area contributed by atoms with Gasteiger partial charge in [0.25, 0.3) is 5.91 Å². The maximum absolute atomic E-state index is 12.5. The first kappa shape index (κ1) is 21.9. The summed E-state index contributed by atoms with van der Waals surface area (Å²) in [7, 11) is 1.36. The Balaban J connectivity index is 1.61. The fourth-order valence-corrected chi connectivity index (χ4v) is 4.50. The van der Waals surface area contributed by atoms with Crippen molar-refractivity contribution in [1.82, 2.24) is 9.88 Å². The van der Waals surface area contributed by atoms with Crippen molar-refractivity contribution in [3.05, 3.63) is 87.0 Å². The Kier molecular flexibility index (Phi) is 6.21. The van der Waals surface area contributed by atoms with Crippen LogP contribution in [0.4, 0.5) is 5.69 Å². The number of methoxy groups -OCH3 is 1. The highest BCUT2D eigenvalue weighted by atomic mass is 35.5. The third kappa shape index (κ3) is 4.49. The summed E-state index contributed by atoms with van der Waals surface area (Å²) in [5.74, 6) is -0.564. The van der Waals surface area contributed by atoms with Gasteiger partial charge < -0.3 is 14.6 Å². The van der Waals surface area contributed by atoms with E-state index in [9.17, 15) is 9.59 Å². The number of benzene rings is 2. The minimum atomic E-state index is -0.373. The number of aryl methyl sites for hydroxylation is 1. The van der Waals surface area contributed by atoms with Crippen molar-refractivity contribution < 1.29 is 14.3 Å². The second-order valence-corrected chi connectivity index (χ2v) is 8.63. The van der Waals surface area contributed by atoms with Gasteiger partial charge in [0.05, 0.1) is 23.3 Å². The number of ether oxygens (including phenoxy) is 1. The maximum atomic E-state index is 12.5. The Labute approximate surface area is 194 Å². The molecule has 1 fully saturated rings. The maximum Gasteiger partial charge on any atom is 0.337 e. The lowest BCUT2D eigenvalue weighted by atomic mass is 10.2. The van der Waals surface area contributed by atoms with Crippen molar-refractivity contribution in [2.45, 2.75) is 13.8 Å². The highest BCUT2D eigenvalue weighted by Gasteiger charge is 2.24. The number of thioether (sulfide) groups is 1. The Bertz CT molecular complexity index is 1280. The zero-order valence-corrected chi connectivity index (χ0v) is 19.3. The average molecular weight is 466 g/mol. The lowest BCUT2D eigenvalue weighted by Gasteiger charge is -2.10. The molecule has 162 valence electrons. The van der Waals surface area contributed by atoms with E-state index in [0.717, 1.165) is 22.6 Å². The number of nitrogens with zero attached hydrogens (tertiary/aromatic N) is 2. The first-order chi connectivity index (χ1) is 15.4. The molecule has 6 nitrogen and oxygen atoms in total. The summed E-state index contributed by atoms with van der Waals surface area (Å²) >= 11 is 7.30. The summed E-state index contributed by atoms with van der Waals surface area (Å²) in [5.41, 5.74) is 5.01. The normalized spacial score (nSPS) is 15.9. The monoisotopic (exact) mass is 465 g/mol. The minimum absolute atomic E-state index is 0.192. The van der Waals surface area contributed by atoms with Gasteiger partial charge in [0, 0.05) is 22.1 Å². The molecule has 2 heterocycles. The molecule has 4 rings (SSSR count). The topological polar surface area (TPSA) is 72.7 Å². The number of hydrogen-bond donors (Lipinski definition) is 1. The van der Waals surface area contributed by atoms with Crippen LogP contribution in [0, 0.1) is 13.8 Å². The quantitative estimate of drug-likeness (QED) is 0.412. The van der Waals surface area contributed by atoms with Crippen LogP contribution >= 0.6 is 23.4 Å². The summed E-state index contributed by atoms with van der Waals surface area (Å²) in [6.07, 6.45) is 1.86. The first-order valence-corrected chi connectivity index (χ1v) is 11.0. The van der Waals surface area contributed by atoms with E-state index in [2.05, 4.69) is 14.9 Å². The smallest absolute Gasteiger partial charge is 0.337 e. The Morgan fingerprint density at radius 1 is 1.16 bits per heavy atom. The van der Waals surface area contributed by atoms with Crippen molar-refractivity contribution in [3.8, 4) is 5.69 Å². The SMILES string of the molecule is COC(=O)c1ccc(-n2c(C)cc(/C=C3/SC(=Nc4cccc(Cl)c4)NC3=O)c2C)cc1. The van der Waals surface area contributed by atoms with Crippen LogP contribution in [0.3, 0.4) is 0 Å². The molecule has 1 aliphatic heterocycles. The summed E-state index contributed by atoms with van der Waals surface area (Å²) in [6.45, 7) is 3.99. The van der Waals surface area contributed by atoms with Crippen molar-refractivity contribution in [3.63, 3.8) is 0 Å². The molecule has 1 aromatic heterocycles. The third-order valence-corrected chi connectivity index (χ3v) is 6.14. The summed E-state index contributed by atoms with van der Waals surface area (Å²) in [6, 6.07) is 16.4. The molecule has 1 amide bonds. The van der Waals surface area contributed by atoms with Crippen molar-refractivity contribution >= 4 is 52.2 Å². The molecular weight excluding hydrogens is 446 g/mol. The van der Waals surface area contributed by atoms with Gasteiger partial charge in [0.1, 0.15) is 0 Å². The van der Waals surface area contributed by atoms with Crippen LogP contribution in [-0.4, -0.2) is 28.7 Å². The number of rotatable bonds is 4. The van der Waals surface area contributed by atoms with Gasteiger partial charge in [-0.25, -0.2) is 9.79 Å². The summed E-state index contributed by atoms with van der Waals surface area (Å²) in [4.78, 5) is 29.2. The van der Waals surface area contributed by atoms with Crippen LogP contribution < -0.4 is 5.32 Å². The number of aliphatic imine (C=N–C) groups is 1. The zero-order chi connectivity index (χ0) is 22.8. The van der Waals surface area contributed by atoms with Crippen LogP contribution in [0.2, 0.25) is 5.02 Å². The number of aromatic nitrogens is 1. The number of halogens is 1. The molecule has 0 atom stereocenters. The fraction of sp³-hybridized carbons (Fsp3) is 0.125. The van der Waals surface area contributed by atoms with Gasteiger partial charge in [-0.15, -0.1) is 0 Å². The van der Waals surface area contributed by atoms with Crippen molar-refractivity contribution in [2.24, 2.45) is 4.99 Å². The molecule has 0 spiro atoms. The molecule has 0 bridgehead atoms. The molecule has 1 aliphatic rings. The van der Waals surface area contributed by atoms with E-state index in [4.69, 9.17) is 16.3 Å². The standard InChI is InChI=1S/C24H20ClN3O3S/c1-14-11-17(15(2)28(14)20-9-7-16(8-10-20)23(30)31-3)12-21-22(29)27-24(32-21)26-19-6-4-5-18(25)13-19/h4-13H,1-3H3,(H,26,27,29)/b21-12+. The van der Waals surface area contributed by atoms with Gasteiger partial charge >= 0.3 is 5.97 Å². The second kappa shape index (κ2) is 9.06. The second-order valence-electron chi connectivity index (χ2n) is 7.16. The average Bonchev–Trinajstić information content (AvgIpc) is 3.25. The van der Waals surface area contributed by atoms with Gasteiger partial charge in [-0.3, -0.25) is 4.79 Å². The molecule has 0 unspecified atom stereocenters. The number of nitrogens with one attached hydrogen (secondary N) is 1. The van der Waals surface area contributed by atoms with Crippen LogP contribution in [0.1, 0.15) is 27.3 Å². The molecule has 0 aliphatic carbocycles.